The highest BCUT2D eigenvalue weighted by molar-refractivity contribution is 7.99. The van der Waals surface area contributed by atoms with Crippen LogP contribution >= 0.6 is 11.8 Å². The van der Waals surface area contributed by atoms with Gasteiger partial charge in [0.05, 0.1) is 0 Å². The summed E-state index contributed by atoms with van der Waals surface area (Å²) in [5.74, 6) is 2.56. The van der Waals surface area contributed by atoms with Gasteiger partial charge in [-0.25, -0.2) is 0 Å². The second kappa shape index (κ2) is 5.99. The maximum Gasteiger partial charge on any atom is 0.00479 e. The average molecular weight is 216 g/mol. The topological polar surface area (TPSA) is 29.3 Å². The van der Waals surface area contributed by atoms with Crippen LogP contribution in [0, 0.1) is 5.41 Å². The lowest BCUT2D eigenvalue weighted by molar-refractivity contribution is 0.281. The standard InChI is InChI=1S/C11H24N2S/c1-3-14-8-4-6-13-7-5-11(2,9-12)10-13/h3-10,12H2,1-2H3. The minimum atomic E-state index is 0.401. The molecule has 1 atom stereocenters. The quantitative estimate of drug-likeness (QED) is 0.687. The largest absolute Gasteiger partial charge is 0.330 e. The third kappa shape index (κ3) is 3.79. The van der Waals surface area contributed by atoms with Crippen LogP contribution in [0.3, 0.4) is 0 Å². The van der Waals surface area contributed by atoms with Gasteiger partial charge in [-0.2, -0.15) is 11.8 Å². The first kappa shape index (κ1) is 12.3. The first-order valence-electron chi connectivity index (χ1n) is 5.70. The molecule has 14 heavy (non-hydrogen) atoms. The molecule has 0 aromatic rings. The molecule has 0 saturated carbocycles. The van der Waals surface area contributed by atoms with Crippen LogP contribution in [0.5, 0.6) is 0 Å². The van der Waals surface area contributed by atoms with E-state index in [0.717, 1.165) is 6.54 Å². The Labute approximate surface area is 92.6 Å². The van der Waals surface area contributed by atoms with Crippen molar-refractivity contribution in [3.05, 3.63) is 0 Å². The highest BCUT2D eigenvalue weighted by Gasteiger charge is 2.31. The first-order valence-corrected chi connectivity index (χ1v) is 6.86. The summed E-state index contributed by atoms with van der Waals surface area (Å²) in [5, 5.41) is 0. The summed E-state index contributed by atoms with van der Waals surface area (Å²) in [7, 11) is 0. The van der Waals surface area contributed by atoms with E-state index in [1.807, 2.05) is 11.8 Å². The highest BCUT2D eigenvalue weighted by atomic mass is 32.2. The molecule has 2 nitrogen and oxygen atoms in total. The van der Waals surface area contributed by atoms with Crippen molar-refractivity contribution < 1.29 is 0 Å². The summed E-state index contributed by atoms with van der Waals surface area (Å²) in [6.45, 7) is 9.11. The minimum absolute atomic E-state index is 0.401. The van der Waals surface area contributed by atoms with Crippen LogP contribution in [0.15, 0.2) is 0 Å². The fraction of sp³-hybridized carbons (Fsp3) is 1.00. The molecule has 84 valence electrons. The fourth-order valence-electron chi connectivity index (χ4n) is 2.02. The van der Waals surface area contributed by atoms with E-state index in [-0.39, 0.29) is 0 Å². The Morgan fingerprint density at radius 3 is 2.86 bits per heavy atom. The van der Waals surface area contributed by atoms with Gasteiger partial charge < -0.3 is 10.6 Å². The van der Waals surface area contributed by atoms with Gasteiger partial charge >= 0.3 is 0 Å². The molecular formula is C11H24N2S. The monoisotopic (exact) mass is 216 g/mol. The van der Waals surface area contributed by atoms with Crippen molar-refractivity contribution in [2.75, 3.05) is 37.7 Å². The van der Waals surface area contributed by atoms with Crippen molar-refractivity contribution in [1.82, 2.24) is 4.90 Å². The third-order valence-electron chi connectivity index (χ3n) is 3.10. The van der Waals surface area contributed by atoms with Crippen LogP contribution in [-0.4, -0.2) is 42.6 Å². The predicted octanol–water partition coefficient (Wildman–Crippen LogP) is 1.80. The molecule has 0 aromatic heterocycles. The number of nitrogens with two attached hydrogens (primary N) is 1. The van der Waals surface area contributed by atoms with Gasteiger partial charge in [-0.15, -0.1) is 0 Å². The number of hydrogen-bond donors (Lipinski definition) is 1. The lowest BCUT2D eigenvalue weighted by Gasteiger charge is -2.22. The lowest BCUT2D eigenvalue weighted by Crippen LogP contribution is -2.31. The smallest absolute Gasteiger partial charge is 0.00479 e. The SMILES string of the molecule is CCSCCCN1CCC(C)(CN)C1. The molecule has 1 unspecified atom stereocenters. The Morgan fingerprint density at radius 1 is 1.50 bits per heavy atom. The van der Waals surface area contributed by atoms with Crippen molar-refractivity contribution in [1.29, 1.82) is 0 Å². The summed E-state index contributed by atoms with van der Waals surface area (Å²) in [5.41, 5.74) is 6.18. The molecule has 0 spiro atoms. The van der Waals surface area contributed by atoms with E-state index in [1.165, 1.54) is 44.0 Å². The molecule has 1 rings (SSSR count). The molecule has 0 aliphatic carbocycles. The zero-order valence-electron chi connectivity index (χ0n) is 9.59. The summed E-state index contributed by atoms with van der Waals surface area (Å²) >= 11 is 2.05. The lowest BCUT2D eigenvalue weighted by atomic mass is 9.90. The van der Waals surface area contributed by atoms with E-state index in [0.29, 0.717) is 5.41 Å². The van der Waals surface area contributed by atoms with Gasteiger partial charge in [-0.1, -0.05) is 13.8 Å². The fourth-order valence-corrected chi connectivity index (χ4v) is 2.64. The van der Waals surface area contributed by atoms with Crippen LogP contribution in [0.1, 0.15) is 26.7 Å². The van der Waals surface area contributed by atoms with Crippen LogP contribution in [-0.2, 0) is 0 Å². The maximum absolute atomic E-state index is 5.78. The minimum Gasteiger partial charge on any atom is -0.330 e. The molecule has 0 bridgehead atoms. The van der Waals surface area contributed by atoms with Gasteiger partial charge in [0.2, 0.25) is 0 Å². The molecular weight excluding hydrogens is 192 g/mol. The van der Waals surface area contributed by atoms with Crippen LogP contribution in [0.25, 0.3) is 0 Å². The van der Waals surface area contributed by atoms with Gasteiger partial charge in [0, 0.05) is 6.54 Å². The van der Waals surface area contributed by atoms with Crippen LogP contribution in [0.4, 0.5) is 0 Å². The maximum atomic E-state index is 5.78. The number of hydrogen-bond acceptors (Lipinski definition) is 3. The zero-order valence-corrected chi connectivity index (χ0v) is 10.4. The van der Waals surface area contributed by atoms with E-state index in [2.05, 4.69) is 18.7 Å². The van der Waals surface area contributed by atoms with Crippen molar-refractivity contribution in [2.45, 2.75) is 26.7 Å². The Bertz CT molecular complexity index is 163. The van der Waals surface area contributed by atoms with E-state index in [9.17, 15) is 0 Å². The molecule has 1 saturated heterocycles. The van der Waals surface area contributed by atoms with Gasteiger partial charge in [0.15, 0.2) is 0 Å². The Kier molecular flexibility index (Phi) is 5.28. The number of likely N-dealkylation sites (tertiary alicyclic amines) is 1. The molecule has 0 radical (unpaired) electrons. The second-order valence-electron chi connectivity index (χ2n) is 4.59. The van der Waals surface area contributed by atoms with Gasteiger partial charge in [0.25, 0.3) is 0 Å². The summed E-state index contributed by atoms with van der Waals surface area (Å²) in [6, 6.07) is 0. The van der Waals surface area contributed by atoms with E-state index in [1.54, 1.807) is 0 Å². The highest BCUT2D eigenvalue weighted by Crippen LogP contribution is 2.28. The summed E-state index contributed by atoms with van der Waals surface area (Å²) < 4.78 is 0. The van der Waals surface area contributed by atoms with Crippen LogP contribution < -0.4 is 5.73 Å². The Hall–Kier alpha value is 0.270. The molecule has 2 N–H and O–H groups in total. The van der Waals surface area contributed by atoms with Crippen LogP contribution in [0.2, 0.25) is 0 Å². The van der Waals surface area contributed by atoms with E-state index < -0.39 is 0 Å². The molecule has 0 aromatic carbocycles. The first-order chi connectivity index (χ1) is 6.70. The predicted molar refractivity (Wildman–Crippen MR) is 65.8 cm³/mol. The van der Waals surface area contributed by atoms with Crippen molar-refractivity contribution >= 4 is 11.8 Å². The van der Waals surface area contributed by atoms with Gasteiger partial charge in [0.1, 0.15) is 0 Å². The molecule has 1 fully saturated rings. The van der Waals surface area contributed by atoms with Gasteiger partial charge in [-0.3, -0.25) is 0 Å². The van der Waals surface area contributed by atoms with Crippen molar-refractivity contribution in [3.8, 4) is 0 Å². The van der Waals surface area contributed by atoms with Crippen molar-refractivity contribution in [2.24, 2.45) is 11.1 Å². The summed E-state index contributed by atoms with van der Waals surface area (Å²) in [4.78, 5) is 2.57. The van der Waals surface area contributed by atoms with Gasteiger partial charge in [-0.05, 0) is 49.4 Å². The van der Waals surface area contributed by atoms with E-state index in [4.69, 9.17) is 5.73 Å². The normalized spacial score (nSPS) is 28.5. The molecule has 1 aliphatic rings. The summed E-state index contributed by atoms with van der Waals surface area (Å²) in [6.07, 6.45) is 2.61. The molecule has 0 amide bonds. The average Bonchev–Trinajstić information content (AvgIpc) is 2.56. The van der Waals surface area contributed by atoms with E-state index >= 15 is 0 Å². The number of rotatable bonds is 6. The Morgan fingerprint density at radius 2 is 2.29 bits per heavy atom. The number of nitrogens with zero attached hydrogens (tertiary/aromatic N) is 1. The molecule has 1 aliphatic heterocycles. The Balaban J connectivity index is 2.10. The molecule has 3 heteroatoms. The third-order valence-corrected chi connectivity index (χ3v) is 4.08. The number of thioether (sulfide) groups is 1. The van der Waals surface area contributed by atoms with Crippen molar-refractivity contribution in [3.63, 3.8) is 0 Å². The molecule has 1 heterocycles. The second-order valence-corrected chi connectivity index (χ2v) is 5.99. The zero-order chi connectivity index (χ0) is 10.4.